The zero-order chi connectivity index (χ0) is 15.5. The van der Waals surface area contributed by atoms with Crippen LogP contribution in [0.2, 0.25) is 0 Å². The van der Waals surface area contributed by atoms with Crippen molar-refractivity contribution < 1.29 is 4.79 Å². The minimum absolute atomic E-state index is 0.0174. The third kappa shape index (κ3) is 3.23. The average Bonchev–Trinajstić information content (AvgIpc) is 3.21. The van der Waals surface area contributed by atoms with Crippen LogP contribution in [0.5, 0.6) is 0 Å². The van der Waals surface area contributed by atoms with Gasteiger partial charge in [-0.05, 0) is 43.3 Å². The first-order chi connectivity index (χ1) is 10.6. The van der Waals surface area contributed by atoms with Crippen LogP contribution in [0, 0.1) is 0 Å². The van der Waals surface area contributed by atoms with Crippen molar-refractivity contribution in [1.29, 1.82) is 0 Å². The summed E-state index contributed by atoms with van der Waals surface area (Å²) in [4.78, 5) is 16.1. The first kappa shape index (κ1) is 15.2. The van der Waals surface area contributed by atoms with Gasteiger partial charge in [0.25, 0.3) is 0 Å². The molecule has 2 atom stereocenters. The summed E-state index contributed by atoms with van der Waals surface area (Å²) in [5.41, 5.74) is 1.44. The average molecular weight is 318 g/mol. The maximum atomic E-state index is 12.2. The van der Waals surface area contributed by atoms with Crippen LogP contribution in [0.25, 0.3) is 0 Å². The highest BCUT2D eigenvalue weighted by Gasteiger charge is 2.22. The third-order valence-corrected chi connectivity index (χ3v) is 5.36. The molecule has 118 valence electrons. The number of nitrogens with zero attached hydrogens (tertiary/aromatic N) is 3. The number of carbonyl (C=O) groups is 1. The topological polar surface area (TPSA) is 50.2 Å². The lowest BCUT2D eigenvalue weighted by atomic mass is 10.1. The molecular weight excluding hydrogens is 296 g/mol. The van der Waals surface area contributed by atoms with Gasteiger partial charge in [0.2, 0.25) is 5.91 Å². The predicted octanol–water partition coefficient (Wildman–Crippen LogP) is 2.07. The maximum Gasteiger partial charge on any atom is 0.244 e. The molecule has 3 heterocycles. The zero-order valence-electron chi connectivity index (χ0n) is 13.0. The second-order valence-electron chi connectivity index (χ2n) is 5.85. The Morgan fingerprint density at radius 3 is 3.14 bits per heavy atom. The highest BCUT2D eigenvalue weighted by atomic mass is 32.1. The lowest BCUT2D eigenvalue weighted by molar-refractivity contribution is -0.124. The van der Waals surface area contributed by atoms with Crippen LogP contribution in [-0.4, -0.2) is 39.7 Å². The van der Waals surface area contributed by atoms with Gasteiger partial charge in [-0.1, -0.05) is 0 Å². The molecular formula is C16H22N4OS. The summed E-state index contributed by atoms with van der Waals surface area (Å²) in [6.45, 7) is 6.77. The number of fused-ring (bicyclic) bond motifs is 1. The van der Waals surface area contributed by atoms with Crippen LogP contribution in [0.3, 0.4) is 0 Å². The Kier molecular flexibility index (Phi) is 4.59. The molecule has 0 aliphatic carbocycles. The Labute approximate surface area is 134 Å². The van der Waals surface area contributed by atoms with E-state index < -0.39 is 0 Å². The van der Waals surface area contributed by atoms with E-state index in [-0.39, 0.29) is 11.9 Å². The molecule has 6 heteroatoms. The molecule has 2 aromatic heterocycles. The monoisotopic (exact) mass is 318 g/mol. The largest absolute Gasteiger partial charge is 0.353 e. The quantitative estimate of drug-likeness (QED) is 0.918. The van der Waals surface area contributed by atoms with Crippen LogP contribution >= 0.6 is 11.3 Å². The Hall–Kier alpha value is -1.66. The minimum Gasteiger partial charge on any atom is -0.353 e. The number of thiophene rings is 1. The molecule has 0 bridgehead atoms. The maximum absolute atomic E-state index is 12.2. The lowest BCUT2D eigenvalue weighted by Crippen LogP contribution is -2.45. The minimum atomic E-state index is -0.271. The Bertz CT molecular complexity index is 622. The molecule has 0 unspecified atom stereocenters. The van der Waals surface area contributed by atoms with Crippen molar-refractivity contribution in [3.05, 3.63) is 40.3 Å². The van der Waals surface area contributed by atoms with Crippen LogP contribution < -0.4 is 5.32 Å². The first-order valence-corrected chi connectivity index (χ1v) is 8.59. The second kappa shape index (κ2) is 6.62. The van der Waals surface area contributed by atoms with Gasteiger partial charge >= 0.3 is 0 Å². The molecule has 22 heavy (non-hydrogen) atoms. The van der Waals surface area contributed by atoms with E-state index in [9.17, 15) is 4.79 Å². The summed E-state index contributed by atoms with van der Waals surface area (Å²) in [6.07, 6.45) is 4.63. The van der Waals surface area contributed by atoms with E-state index >= 15 is 0 Å². The summed E-state index contributed by atoms with van der Waals surface area (Å²) in [5, 5.41) is 9.34. The number of amides is 1. The number of hydrogen-bond acceptors (Lipinski definition) is 4. The SMILES string of the molecule is C[C@H](CNC(=O)[C@H](C)n1cccn1)N1CCc2sccc2C1. The van der Waals surface area contributed by atoms with Crippen LogP contribution in [0.15, 0.2) is 29.9 Å². The molecule has 1 aliphatic heterocycles. The third-order valence-electron chi connectivity index (χ3n) is 4.33. The molecule has 2 aromatic rings. The van der Waals surface area contributed by atoms with E-state index in [2.05, 4.69) is 33.7 Å². The van der Waals surface area contributed by atoms with E-state index in [1.807, 2.05) is 30.5 Å². The molecule has 1 aliphatic rings. The first-order valence-electron chi connectivity index (χ1n) is 7.71. The fraction of sp³-hybridized carbons (Fsp3) is 0.500. The number of aromatic nitrogens is 2. The van der Waals surface area contributed by atoms with Gasteiger partial charge in [-0.3, -0.25) is 14.4 Å². The smallest absolute Gasteiger partial charge is 0.244 e. The number of carbonyl (C=O) groups excluding carboxylic acids is 1. The van der Waals surface area contributed by atoms with E-state index in [1.165, 1.54) is 10.4 Å². The van der Waals surface area contributed by atoms with Gasteiger partial charge in [0.1, 0.15) is 6.04 Å². The van der Waals surface area contributed by atoms with Crippen molar-refractivity contribution >= 4 is 17.2 Å². The van der Waals surface area contributed by atoms with Crippen molar-refractivity contribution in [1.82, 2.24) is 20.0 Å². The van der Waals surface area contributed by atoms with Crippen LogP contribution in [0.4, 0.5) is 0 Å². The fourth-order valence-electron chi connectivity index (χ4n) is 2.80. The normalized spacial score (nSPS) is 17.7. The van der Waals surface area contributed by atoms with Crippen LogP contribution in [-0.2, 0) is 17.8 Å². The molecule has 0 saturated heterocycles. The molecule has 0 radical (unpaired) electrons. The van der Waals surface area contributed by atoms with Gasteiger partial charge in [-0.25, -0.2) is 0 Å². The van der Waals surface area contributed by atoms with Crippen molar-refractivity contribution in [2.75, 3.05) is 13.1 Å². The summed E-state index contributed by atoms with van der Waals surface area (Å²) in [5.74, 6) is 0.0174. The highest BCUT2D eigenvalue weighted by Crippen LogP contribution is 2.24. The Balaban J connectivity index is 1.50. The van der Waals surface area contributed by atoms with Gasteiger partial charge in [0, 0.05) is 42.9 Å². The van der Waals surface area contributed by atoms with Crippen molar-refractivity contribution in [2.24, 2.45) is 0 Å². The van der Waals surface area contributed by atoms with Crippen molar-refractivity contribution in [3.63, 3.8) is 0 Å². The Morgan fingerprint density at radius 2 is 2.36 bits per heavy atom. The van der Waals surface area contributed by atoms with Crippen molar-refractivity contribution in [2.45, 2.75) is 38.9 Å². The van der Waals surface area contributed by atoms with Gasteiger partial charge in [-0.2, -0.15) is 5.10 Å². The molecule has 0 saturated carbocycles. The standard InChI is InChI=1S/C16H22N4OS/c1-12(19-8-4-15-14(11-19)5-9-22-15)10-17-16(21)13(2)20-7-3-6-18-20/h3,5-7,9,12-13H,4,8,10-11H2,1-2H3,(H,17,21)/t12-,13+/m1/s1. The molecule has 0 spiro atoms. The van der Waals surface area contributed by atoms with Gasteiger partial charge in [0.05, 0.1) is 0 Å². The zero-order valence-corrected chi connectivity index (χ0v) is 13.8. The summed E-state index contributed by atoms with van der Waals surface area (Å²) < 4.78 is 1.68. The molecule has 5 nitrogen and oxygen atoms in total. The molecule has 0 aromatic carbocycles. The number of hydrogen-bond donors (Lipinski definition) is 1. The predicted molar refractivity (Wildman–Crippen MR) is 87.8 cm³/mol. The molecule has 1 N–H and O–H groups in total. The highest BCUT2D eigenvalue weighted by molar-refractivity contribution is 7.10. The van der Waals surface area contributed by atoms with Gasteiger partial charge in [-0.15, -0.1) is 11.3 Å². The Morgan fingerprint density at radius 1 is 1.50 bits per heavy atom. The lowest BCUT2D eigenvalue weighted by Gasteiger charge is -2.32. The van der Waals surface area contributed by atoms with E-state index in [4.69, 9.17) is 0 Å². The summed E-state index contributed by atoms with van der Waals surface area (Å²) in [6, 6.07) is 4.12. The number of rotatable bonds is 5. The van der Waals surface area contributed by atoms with E-state index in [0.717, 1.165) is 19.5 Å². The molecule has 3 rings (SSSR count). The second-order valence-corrected chi connectivity index (χ2v) is 6.85. The summed E-state index contributed by atoms with van der Waals surface area (Å²) in [7, 11) is 0. The van der Waals surface area contributed by atoms with E-state index in [0.29, 0.717) is 12.6 Å². The summed E-state index contributed by atoms with van der Waals surface area (Å²) >= 11 is 1.85. The number of nitrogens with one attached hydrogen (secondary N) is 1. The van der Waals surface area contributed by atoms with Gasteiger partial charge in [0.15, 0.2) is 0 Å². The van der Waals surface area contributed by atoms with E-state index in [1.54, 1.807) is 10.9 Å². The van der Waals surface area contributed by atoms with Gasteiger partial charge < -0.3 is 5.32 Å². The van der Waals surface area contributed by atoms with Crippen LogP contribution in [0.1, 0.15) is 30.3 Å². The van der Waals surface area contributed by atoms with Crippen molar-refractivity contribution in [3.8, 4) is 0 Å². The fourth-order valence-corrected chi connectivity index (χ4v) is 3.69. The molecule has 0 fully saturated rings. The molecule has 1 amide bonds.